The van der Waals surface area contributed by atoms with Crippen LogP contribution in [0.15, 0.2) is 24.3 Å². The summed E-state index contributed by atoms with van der Waals surface area (Å²) < 4.78 is 5.27. The van der Waals surface area contributed by atoms with Gasteiger partial charge in [-0.2, -0.15) is 0 Å². The van der Waals surface area contributed by atoms with E-state index in [0.29, 0.717) is 12.5 Å². The Morgan fingerprint density at radius 1 is 1.29 bits per heavy atom. The maximum Gasteiger partial charge on any atom is 0.119 e. The molecule has 2 heteroatoms. The van der Waals surface area contributed by atoms with Gasteiger partial charge in [0.1, 0.15) is 12.4 Å². The standard InChI is InChI=1S/C12H18O2/c1-3-10(2)11-4-6-12(7-5-11)14-9-8-13/h4-7,10,13H,3,8-9H2,1-2H3/t10-/m0/s1. The lowest BCUT2D eigenvalue weighted by molar-refractivity contribution is 0.201. The molecule has 0 aliphatic carbocycles. The third-order valence-electron chi connectivity index (χ3n) is 2.42. The van der Waals surface area contributed by atoms with E-state index in [1.54, 1.807) is 0 Å². The Hall–Kier alpha value is -1.02. The number of ether oxygens (including phenoxy) is 1. The predicted octanol–water partition coefficient (Wildman–Crippen LogP) is 2.57. The van der Waals surface area contributed by atoms with E-state index in [1.807, 2.05) is 12.1 Å². The van der Waals surface area contributed by atoms with Gasteiger partial charge in [-0.05, 0) is 30.0 Å². The molecule has 0 amide bonds. The Morgan fingerprint density at radius 3 is 2.43 bits per heavy atom. The Bertz CT molecular complexity index is 254. The summed E-state index contributed by atoms with van der Waals surface area (Å²) in [6.07, 6.45) is 1.15. The molecule has 2 nitrogen and oxygen atoms in total. The lowest BCUT2D eigenvalue weighted by Gasteiger charge is -2.10. The second-order valence-electron chi connectivity index (χ2n) is 3.45. The molecule has 0 spiro atoms. The molecule has 0 saturated heterocycles. The van der Waals surface area contributed by atoms with Crippen molar-refractivity contribution >= 4 is 0 Å². The smallest absolute Gasteiger partial charge is 0.119 e. The Morgan fingerprint density at radius 2 is 1.93 bits per heavy atom. The zero-order valence-electron chi connectivity index (χ0n) is 8.86. The van der Waals surface area contributed by atoms with Crippen molar-refractivity contribution in [1.82, 2.24) is 0 Å². The highest BCUT2D eigenvalue weighted by molar-refractivity contribution is 5.29. The first-order valence-electron chi connectivity index (χ1n) is 5.11. The Balaban J connectivity index is 2.59. The molecule has 1 N–H and O–H groups in total. The first kappa shape index (κ1) is 11.1. The number of hydrogen-bond donors (Lipinski definition) is 1. The molecule has 0 aromatic heterocycles. The Labute approximate surface area is 85.5 Å². The normalized spacial score (nSPS) is 12.5. The summed E-state index contributed by atoms with van der Waals surface area (Å²) in [4.78, 5) is 0. The van der Waals surface area contributed by atoms with Gasteiger partial charge in [0.15, 0.2) is 0 Å². The molecule has 0 unspecified atom stereocenters. The van der Waals surface area contributed by atoms with Gasteiger partial charge in [0.2, 0.25) is 0 Å². The highest BCUT2D eigenvalue weighted by Crippen LogP contribution is 2.21. The van der Waals surface area contributed by atoms with Gasteiger partial charge in [-0.15, -0.1) is 0 Å². The monoisotopic (exact) mass is 194 g/mol. The van der Waals surface area contributed by atoms with Crippen LogP contribution in [-0.4, -0.2) is 18.3 Å². The quantitative estimate of drug-likeness (QED) is 0.780. The van der Waals surface area contributed by atoms with Gasteiger partial charge < -0.3 is 9.84 Å². The highest BCUT2D eigenvalue weighted by atomic mass is 16.5. The van der Waals surface area contributed by atoms with Crippen LogP contribution in [0.3, 0.4) is 0 Å². The van der Waals surface area contributed by atoms with Gasteiger partial charge in [-0.25, -0.2) is 0 Å². The lowest BCUT2D eigenvalue weighted by atomic mass is 9.99. The van der Waals surface area contributed by atoms with Crippen LogP contribution in [0.1, 0.15) is 31.7 Å². The van der Waals surface area contributed by atoms with Crippen LogP contribution in [0.2, 0.25) is 0 Å². The molecule has 1 aromatic rings. The maximum atomic E-state index is 8.58. The summed E-state index contributed by atoms with van der Waals surface area (Å²) in [5.74, 6) is 1.42. The van der Waals surface area contributed by atoms with Gasteiger partial charge in [-0.1, -0.05) is 26.0 Å². The fourth-order valence-corrected chi connectivity index (χ4v) is 1.29. The first-order chi connectivity index (χ1) is 6.77. The van der Waals surface area contributed by atoms with Crippen molar-refractivity contribution < 1.29 is 9.84 Å². The molecular weight excluding hydrogens is 176 g/mol. The summed E-state index contributed by atoms with van der Waals surface area (Å²) in [5.41, 5.74) is 1.34. The van der Waals surface area contributed by atoms with Crippen molar-refractivity contribution in [3.05, 3.63) is 29.8 Å². The third-order valence-corrected chi connectivity index (χ3v) is 2.42. The van der Waals surface area contributed by atoms with Crippen molar-refractivity contribution in [2.24, 2.45) is 0 Å². The van der Waals surface area contributed by atoms with Crippen LogP contribution in [0, 0.1) is 0 Å². The van der Waals surface area contributed by atoms with Gasteiger partial charge in [0, 0.05) is 0 Å². The van der Waals surface area contributed by atoms with Crippen molar-refractivity contribution in [1.29, 1.82) is 0 Å². The van der Waals surface area contributed by atoms with Crippen LogP contribution in [0.4, 0.5) is 0 Å². The molecule has 78 valence electrons. The zero-order chi connectivity index (χ0) is 10.4. The molecule has 0 radical (unpaired) electrons. The molecule has 1 atom stereocenters. The van der Waals surface area contributed by atoms with Crippen LogP contribution in [0.25, 0.3) is 0 Å². The molecule has 0 aliphatic rings. The number of benzene rings is 1. The predicted molar refractivity (Wildman–Crippen MR) is 57.7 cm³/mol. The van der Waals surface area contributed by atoms with Crippen LogP contribution < -0.4 is 4.74 Å². The molecule has 14 heavy (non-hydrogen) atoms. The van der Waals surface area contributed by atoms with E-state index in [-0.39, 0.29) is 6.61 Å². The molecule has 0 aliphatic heterocycles. The molecule has 0 fully saturated rings. The lowest BCUT2D eigenvalue weighted by Crippen LogP contribution is -2.01. The molecule has 1 aromatic carbocycles. The summed E-state index contributed by atoms with van der Waals surface area (Å²) in [6, 6.07) is 8.08. The topological polar surface area (TPSA) is 29.5 Å². The maximum absolute atomic E-state index is 8.58. The van der Waals surface area contributed by atoms with E-state index in [2.05, 4.69) is 26.0 Å². The van der Waals surface area contributed by atoms with Crippen LogP contribution in [0.5, 0.6) is 5.75 Å². The van der Waals surface area contributed by atoms with Gasteiger partial charge in [0.05, 0.1) is 6.61 Å². The fraction of sp³-hybridized carbons (Fsp3) is 0.500. The second-order valence-corrected chi connectivity index (χ2v) is 3.45. The van der Waals surface area contributed by atoms with E-state index in [1.165, 1.54) is 5.56 Å². The molecule has 1 rings (SSSR count). The van der Waals surface area contributed by atoms with Gasteiger partial charge >= 0.3 is 0 Å². The minimum atomic E-state index is 0.0626. The third kappa shape index (κ3) is 3.04. The number of hydrogen-bond acceptors (Lipinski definition) is 2. The number of aliphatic hydroxyl groups excluding tert-OH is 1. The van der Waals surface area contributed by atoms with E-state index in [0.717, 1.165) is 12.2 Å². The summed E-state index contributed by atoms with van der Waals surface area (Å²) in [5, 5.41) is 8.58. The number of rotatable bonds is 5. The molecule has 0 bridgehead atoms. The van der Waals surface area contributed by atoms with Crippen LogP contribution in [-0.2, 0) is 0 Å². The molecule has 0 saturated carbocycles. The zero-order valence-corrected chi connectivity index (χ0v) is 8.86. The van der Waals surface area contributed by atoms with Gasteiger partial charge in [0.25, 0.3) is 0 Å². The summed E-state index contributed by atoms with van der Waals surface area (Å²) in [7, 11) is 0. The van der Waals surface area contributed by atoms with E-state index in [4.69, 9.17) is 9.84 Å². The highest BCUT2D eigenvalue weighted by Gasteiger charge is 2.02. The number of aliphatic hydroxyl groups is 1. The van der Waals surface area contributed by atoms with E-state index >= 15 is 0 Å². The minimum absolute atomic E-state index is 0.0626. The van der Waals surface area contributed by atoms with Crippen molar-refractivity contribution in [3.63, 3.8) is 0 Å². The Kier molecular flexibility index (Phi) is 4.47. The van der Waals surface area contributed by atoms with Crippen molar-refractivity contribution in [2.45, 2.75) is 26.2 Å². The minimum Gasteiger partial charge on any atom is -0.491 e. The van der Waals surface area contributed by atoms with Crippen molar-refractivity contribution in [2.75, 3.05) is 13.2 Å². The van der Waals surface area contributed by atoms with E-state index < -0.39 is 0 Å². The molecular formula is C12H18O2. The average molecular weight is 194 g/mol. The van der Waals surface area contributed by atoms with Crippen molar-refractivity contribution in [3.8, 4) is 5.75 Å². The molecule has 0 heterocycles. The SMILES string of the molecule is CC[C@H](C)c1ccc(OCCO)cc1. The summed E-state index contributed by atoms with van der Waals surface area (Å²) in [6.45, 7) is 4.82. The van der Waals surface area contributed by atoms with Crippen LogP contribution >= 0.6 is 0 Å². The van der Waals surface area contributed by atoms with Gasteiger partial charge in [-0.3, -0.25) is 0 Å². The summed E-state index contributed by atoms with van der Waals surface area (Å²) >= 11 is 0. The average Bonchev–Trinajstić information content (AvgIpc) is 2.26. The second kappa shape index (κ2) is 5.66. The fourth-order valence-electron chi connectivity index (χ4n) is 1.29. The largest absolute Gasteiger partial charge is 0.491 e. The first-order valence-corrected chi connectivity index (χ1v) is 5.11. The van der Waals surface area contributed by atoms with E-state index in [9.17, 15) is 0 Å².